The van der Waals surface area contributed by atoms with Gasteiger partial charge in [0.1, 0.15) is 18.1 Å². The van der Waals surface area contributed by atoms with Crippen LogP contribution in [0.1, 0.15) is 25.5 Å². The SMILES string of the molecule is CC(C)(NC(=O)C(NC(=O)Cn1nc(-c2ccc(Cl)cc2)n(C=CC(F)(F)F)c1=O)c1cccc(Cl)c1Cl)C(N)=O. The first-order chi connectivity index (χ1) is 19.0. The van der Waals surface area contributed by atoms with Crippen molar-refractivity contribution >= 4 is 58.7 Å². The highest BCUT2D eigenvalue weighted by molar-refractivity contribution is 6.42. The molecule has 0 saturated carbocycles. The number of alkyl halides is 3. The average Bonchev–Trinajstić information content (AvgIpc) is 3.17. The molecule has 0 spiro atoms. The summed E-state index contributed by atoms with van der Waals surface area (Å²) in [6, 6.07) is 8.52. The Bertz CT molecular complexity index is 1570. The largest absolute Gasteiger partial charge is 0.411 e. The molecule has 10 nitrogen and oxygen atoms in total. The predicted octanol–water partition coefficient (Wildman–Crippen LogP) is 3.94. The summed E-state index contributed by atoms with van der Waals surface area (Å²) in [5.74, 6) is -2.92. The van der Waals surface area contributed by atoms with Crippen molar-refractivity contribution in [1.82, 2.24) is 25.0 Å². The van der Waals surface area contributed by atoms with Crippen LogP contribution in [0.2, 0.25) is 15.1 Å². The monoisotopic (exact) mass is 632 g/mol. The Morgan fingerprint density at radius 3 is 2.29 bits per heavy atom. The fourth-order valence-electron chi connectivity index (χ4n) is 3.42. The third kappa shape index (κ3) is 7.90. The van der Waals surface area contributed by atoms with E-state index in [0.717, 1.165) is 0 Å². The number of carbonyl (C=O) groups is 3. The third-order valence-corrected chi connectivity index (χ3v) is 6.68. The lowest BCUT2D eigenvalue weighted by Gasteiger charge is -2.27. The van der Waals surface area contributed by atoms with Gasteiger partial charge in [-0.25, -0.2) is 14.0 Å². The number of primary amides is 1. The summed E-state index contributed by atoms with van der Waals surface area (Å²) in [7, 11) is 0. The van der Waals surface area contributed by atoms with Crippen LogP contribution in [0, 0.1) is 0 Å². The molecular formula is C25H22Cl3F3N6O4. The Kier molecular flexibility index (Phi) is 9.57. The van der Waals surface area contributed by atoms with E-state index in [4.69, 9.17) is 40.5 Å². The predicted molar refractivity (Wildman–Crippen MR) is 147 cm³/mol. The van der Waals surface area contributed by atoms with Crippen molar-refractivity contribution in [2.75, 3.05) is 0 Å². The summed E-state index contributed by atoms with van der Waals surface area (Å²) in [6.07, 6.45) is -4.44. The van der Waals surface area contributed by atoms with Gasteiger partial charge < -0.3 is 16.4 Å². The van der Waals surface area contributed by atoms with Crippen LogP contribution in [0.4, 0.5) is 13.2 Å². The van der Waals surface area contributed by atoms with Gasteiger partial charge in [-0.3, -0.25) is 14.4 Å². The Balaban J connectivity index is 2.00. The van der Waals surface area contributed by atoms with E-state index in [1.165, 1.54) is 56.3 Å². The fraction of sp³-hybridized carbons (Fsp3) is 0.240. The van der Waals surface area contributed by atoms with Gasteiger partial charge in [0.05, 0.1) is 10.0 Å². The minimum absolute atomic E-state index is 0.0538. The Morgan fingerprint density at radius 2 is 1.71 bits per heavy atom. The zero-order valence-electron chi connectivity index (χ0n) is 21.3. The molecule has 0 aliphatic carbocycles. The zero-order valence-corrected chi connectivity index (χ0v) is 23.6. The van der Waals surface area contributed by atoms with Crippen molar-refractivity contribution < 1.29 is 27.6 Å². The van der Waals surface area contributed by atoms with Crippen molar-refractivity contribution in [3.05, 3.63) is 79.7 Å². The van der Waals surface area contributed by atoms with Crippen LogP contribution in [-0.2, 0) is 20.9 Å². The number of amides is 3. The van der Waals surface area contributed by atoms with Crippen molar-refractivity contribution in [2.24, 2.45) is 5.73 Å². The highest BCUT2D eigenvalue weighted by Gasteiger charge is 2.33. The van der Waals surface area contributed by atoms with Crippen LogP contribution in [0.25, 0.3) is 17.6 Å². The van der Waals surface area contributed by atoms with Gasteiger partial charge in [0, 0.05) is 28.4 Å². The molecule has 1 atom stereocenters. The van der Waals surface area contributed by atoms with Crippen molar-refractivity contribution in [2.45, 2.75) is 38.1 Å². The molecule has 218 valence electrons. The third-order valence-electron chi connectivity index (χ3n) is 5.59. The number of halogens is 6. The Labute approximate surface area is 245 Å². The molecule has 0 saturated heterocycles. The number of nitrogens with zero attached hydrogens (tertiary/aromatic N) is 3. The number of aromatic nitrogens is 3. The highest BCUT2D eigenvalue weighted by Crippen LogP contribution is 2.30. The van der Waals surface area contributed by atoms with Gasteiger partial charge in [-0.1, -0.05) is 46.9 Å². The molecule has 1 heterocycles. The van der Waals surface area contributed by atoms with Gasteiger partial charge in [0.15, 0.2) is 5.82 Å². The number of nitrogens with one attached hydrogen (secondary N) is 2. The van der Waals surface area contributed by atoms with Crippen molar-refractivity contribution in [1.29, 1.82) is 0 Å². The normalized spacial score (nSPS) is 12.8. The van der Waals surface area contributed by atoms with Crippen LogP contribution in [0.3, 0.4) is 0 Å². The van der Waals surface area contributed by atoms with E-state index >= 15 is 0 Å². The molecule has 1 unspecified atom stereocenters. The molecule has 0 fully saturated rings. The summed E-state index contributed by atoms with van der Waals surface area (Å²) in [5.41, 5.74) is 3.01. The van der Waals surface area contributed by atoms with Gasteiger partial charge in [0.25, 0.3) is 0 Å². The van der Waals surface area contributed by atoms with E-state index < -0.39 is 47.7 Å². The molecule has 1 aromatic heterocycles. The molecule has 16 heteroatoms. The van der Waals surface area contributed by atoms with E-state index in [2.05, 4.69) is 15.7 Å². The molecule has 0 bridgehead atoms. The first kappa shape index (κ1) is 31.7. The minimum Gasteiger partial charge on any atom is -0.368 e. The molecule has 0 aliphatic rings. The topological polar surface area (TPSA) is 141 Å². The number of nitrogens with two attached hydrogens (primary N) is 1. The standard InChI is InChI=1S/C25H22Cl3F3N6O4/c1-24(2,22(32)40)34-21(39)19(15-4-3-5-16(27)18(15)28)33-17(38)12-37-23(41)36(11-10-25(29,30)31)20(35-37)13-6-8-14(26)9-7-13/h3-11,19H,12H2,1-2H3,(H2,32,40)(H,33,38)(H,34,39). The maximum absolute atomic E-state index is 13.2. The number of allylic oxidation sites excluding steroid dienone is 1. The lowest BCUT2D eigenvalue weighted by Crippen LogP contribution is -2.56. The molecule has 41 heavy (non-hydrogen) atoms. The molecular weight excluding hydrogens is 612 g/mol. The number of rotatable bonds is 9. The van der Waals surface area contributed by atoms with Crippen molar-refractivity contribution in [3.8, 4) is 11.4 Å². The number of benzene rings is 2. The quantitative estimate of drug-likeness (QED) is 0.327. The Hall–Kier alpha value is -3.81. The first-order valence-electron chi connectivity index (χ1n) is 11.6. The van der Waals surface area contributed by atoms with Gasteiger partial charge in [-0.2, -0.15) is 13.2 Å². The maximum Gasteiger partial charge on any atom is 0.411 e. The summed E-state index contributed by atoms with van der Waals surface area (Å²) in [6.45, 7) is 1.86. The van der Waals surface area contributed by atoms with Gasteiger partial charge in [-0.15, -0.1) is 5.10 Å². The van der Waals surface area contributed by atoms with Crippen LogP contribution >= 0.6 is 34.8 Å². The summed E-state index contributed by atoms with van der Waals surface area (Å²) in [5, 5.41) is 9.15. The van der Waals surface area contributed by atoms with E-state index in [1.807, 2.05) is 0 Å². The second-order valence-electron chi connectivity index (χ2n) is 9.12. The molecule has 3 rings (SSSR count). The number of hydrogen-bond donors (Lipinski definition) is 3. The van der Waals surface area contributed by atoms with Crippen LogP contribution < -0.4 is 22.1 Å². The van der Waals surface area contributed by atoms with E-state index in [9.17, 15) is 32.3 Å². The molecule has 0 aliphatic heterocycles. The second-order valence-corrected chi connectivity index (χ2v) is 10.3. The fourth-order valence-corrected chi connectivity index (χ4v) is 3.97. The lowest BCUT2D eigenvalue weighted by atomic mass is 10.0. The molecule has 3 aromatic rings. The molecule has 2 aromatic carbocycles. The average molecular weight is 634 g/mol. The number of hydrogen-bond acceptors (Lipinski definition) is 5. The molecule has 3 amide bonds. The molecule has 4 N–H and O–H groups in total. The Morgan fingerprint density at radius 1 is 1.07 bits per heavy atom. The van der Waals surface area contributed by atoms with Crippen LogP contribution in [0.5, 0.6) is 0 Å². The van der Waals surface area contributed by atoms with Gasteiger partial charge >= 0.3 is 11.9 Å². The summed E-state index contributed by atoms with van der Waals surface area (Å²) < 4.78 is 39.9. The van der Waals surface area contributed by atoms with E-state index in [1.54, 1.807) is 0 Å². The van der Waals surface area contributed by atoms with Crippen molar-refractivity contribution in [3.63, 3.8) is 0 Å². The van der Waals surface area contributed by atoms with E-state index in [-0.39, 0.29) is 33.1 Å². The van der Waals surface area contributed by atoms with Crippen LogP contribution in [-0.4, -0.2) is 43.8 Å². The summed E-state index contributed by atoms with van der Waals surface area (Å²) in [4.78, 5) is 51.0. The number of carbonyl (C=O) groups excluding carboxylic acids is 3. The zero-order chi connectivity index (χ0) is 30.7. The second kappa shape index (κ2) is 12.4. The van der Waals surface area contributed by atoms with E-state index in [0.29, 0.717) is 20.5 Å². The highest BCUT2D eigenvalue weighted by atomic mass is 35.5. The van der Waals surface area contributed by atoms with Crippen LogP contribution in [0.15, 0.2) is 53.3 Å². The minimum atomic E-state index is -4.74. The van der Waals surface area contributed by atoms with Gasteiger partial charge in [-0.05, 0) is 44.2 Å². The lowest BCUT2D eigenvalue weighted by molar-refractivity contribution is -0.133. The first-order valence-corrected chi connectivity index (χ1v) is 12.7. The maximum atomic E-state index is 13.2. The van der Waals surface area contributed by atoms with Gasteiger partial charge in [0.2, 0.25) is 17.7 Å². The molecule has 0 radical (unpaired) electrons. The smallest absolute Gasteiger partial charge is 0.368 e. The summed E-state index contributed by atoms with van der Waals surface area (Å²) >= 11 is 18.2.